The number of rotatable bonds is 9. The summed E-state index contributed by atoms with van der Waals surface area (Å²) in [6, 6.07) is 8.04. The monoisotopic (exact) mass is 542 g/mol. The second-order valence-electron chi connectivity index (χ2n) is 7.82. The summed E-state index contributed by atoms with van der Waals surface area (Å²) in [6.07, 6.45) is 0. The molecule has 0 saturated carbocycles. The third-order valence-electron chi connectivity index (χ3n) is 5.43. The molecule has 12 heteroatoms. The molecule has 3 aromatic rings. The molecule has 188 valence electrons. The van der Waals surface area contributed by atoms with E-state index in [1.54, 1.807) is 17.7 Å². The topological polar surface area (TPSA) is 135 Å². The molecule has 9 nitrogen and oxygen atoms in total. The number of carbonyl (C=O) groups is 2. The second-order valence-corrected chi connectivity index (χ2v) is 10.6. The molecule has 0 aliphatic rings. The Hall–Kier alpha value is -2.63. The molecule has 1 amide bonds. The van der Waals surface area contributed by atoms with E-state index in [1.807, 2.05) is 13.0 Å². The van der Waals surface area contributed by atoms with Crippen molar-refractivity contribution in [2.45, 2.75) is 17.9 Å². The van der Waals surface area contributed by atoms with Crippen molar-refractivity contribution >= 4 is 55.8 Å². The fraction of sp³-hybridized carbons (Fsp3) is 0.304. The van der Waals surface area contributed by atoms with Crippen LogP contribution in [0, 0.1) is 6.92 Å². The van der Waals surface area contributed by atoms with Crippen LogP contribution in [0.2, 0.25) is 10.0 Å². The molecule has 1 aromatic heterocycles. The first-order valence-electron chi connectivity index (χ1n) is 10.4. The van der Waals surface area contributed by atoms with Crippen molar-refractivity contribution in [3.63, 3.8) is 0 Å². The molecule has 0 bridgehead atoms. The highest BCUT2D eigenvalue weighted by Gasteiger charge is 2.23. The van der Waals surface area contributed by atoms with Gasteiger partial charge in [-0.1, -0.05) is 35.3 Å². The maximum Gasteiger partial charge on any atom is 0.321 e. The average molecular weight is 543 g/mol. The lowest BCUT2D eigenvalue weighted by molar-refractivity contribution is -0.141. The van der Waals surface area contributed by atoms with Gasteiger partial charge in [0.2, 0.25) is 0 Å². The van der Waals surface area contributed by atoms with E-state index in [-0.39, 0.29) is 11.5 Å². The van der Waals surface area contributed by atoms with Crippen molar-refractivity contribution in [3.05, 3.63) is 63.3 Å². The lowest BCUT2D eigenvalue weighted by Gasteiger charge is -2.17. The minimum atomic E-state index is -3.97. The number of nitrogens with one attached hydrogen (secondary N) is 1. The predicted octanol–water partition coefficient (Wildman–Crippen LogP) is 2.57. The number of benzene rings is 2. The first-order valence-corrected chi connectivity index (χ1v) is 12.9. The molecule has 0 saturated heterocycles. The molecule has 3 rings (SSSR count). The van der Waals surface area contributed by atoms with E-state index in [9.17, 15) is 23.1 Å². The second kappa shape index (κ2) is 11.0. The molecule has 35 heavy (non-hydrogen) atoms. The molecule has 0 aliphatic heterocycles. The summed E-state index contributed by atoms with van der Waals surface area (Å²) in [6.45, 7) is 0.666. The van der Waals surface area contributed by atoms with Gasteiger partial charge in [-0.2, -0.15) is 0 Å². The average Bonchev–Trinajstić information content (AvgIpc) is 3.15. The molecule has 3 N–H and O–H groups in total. The maximum atomic E-state index is 13.0. The first kappa shape index (κ1) is 27.0. The van der Waals surface area contributed by atoms with Crippen LogP contribution in [0.4, 0.5) is 0 Å². The third kappa shape index (κ3) is 5.79. The number of amides is 1. The number of nitrogens with zero attached hydrogens (tertiary/aromatic N) is 1. The smallest absolute Gasteiger partial charge is 0.321 e. The summed E-state index contributed by atoms with van der Waals surface area (Å²) in [5, 5.41) is 22.6. The zero-order valence-electron chi connectivity index (χ0n) is 18.9. The van der Waals surface area contributed by atoms with Crippen LogP contribution in [-0.4, -0.2) is 60.6 Å². The normalized spacial score (nSPS) is 12.5. The molecule has 1 heterocycles. The fourth-order valence-corrected chi connectivity index (χ4v) is 5.13. The largest absolute Gasteiger partial charge is 0.462 e. The first-order chi connectivity index (χ1) is 16.5. The standard InChI is InChI=1S/C23H24Cl2N2O7S/c1-13-9-18-16(22(25)21(13)24)10-19(27(18)2)23(31)26-17(11-29)14-3-5-15(6-4-14)35(32,33)12-20(30)34-8-7-28/h3-6,9-10,17,28-29H,7-8,11-12H2,1-2H3,(H,26,31)/t17-/m1/s1. The van der Waals surface area contributed by atoms with Crippen LogP contribution in [0.3, 0.4) is 0 Å². The predicted molar refractivity (Wildman–Crippen MR) is 132 cm³/mol. The number of sulfone groups is 1. The number of esters is 1. The number of aromatic nitrogens is 1. The zero-order chi connectivity index (χ0) is 25.9. The summed E-state index contributed by atoms with van der Waals surface area (Å²) in [4.78, 5) is 24.5. The van der Waals surface area contributed by atoms with E-state index in [0.29, 0.717) is 26.7 Å². The van der Waals surface area contributed by atoms with Crippen LogP contribution < -0.4 is 5.32 Å². The van der Waals surface area contributed by atoms with E-state index >= 15 is 0 Å². The maximum absolute atomic E-state index is 13.0. The number of aryl methyl sites for hydroxylation is 2. The Morgan fingerprint density at radius 1 is 1.11 bits per heavy atom. The van der Waals surface area contributed by atoms with Gasteiger partial charge in [-0.15, -0.1) is 0 Å². The lowest BCUT2D eigenvalue weighted by Crippen LogP contribution is -2.32. The summed E-state index contributed by atoms with van der Waals surface area (Å²) < 4.78 is 31.1. The van der Waals surface area contributed by atoms with Crippen LogP contribution in [0.25, 0.3) is 10.9 Å². The number of halogens is 2. The van der Waals surface area contributed by atoms with Gasteiger partial charge in [0.1, 0.15) is 12.3 Å². The zero-order valence-corrected chi connectivity index (χ0v) is 21.2. The molecule has 0 radical (unpaired) electrons. The number of hydrogen-bond acceptors (Lipinski definition) is 7. The molecule has 0 aliphatic carbocycles. The summed E-state index contributed by atoms with van der Waals surface area (Å²) in [5.74, 6) is -2.33. The molecule has 0 spiro atoms. The summed E-state index contributed by atoms with van der Waals surface area (Å²) in [5.41, 5.74) is 2.23. The SMILES string of the molecule is Cc1cc2c(cc(C(=O)N[C@H](CO)c3ccc(S(=O)(=O)CC(=O)OCCO)cc3)n2C)c(Cl)c1Cl. The molecule has 1 atom stereocenters. The van der Waals surface area contributed by atoms with Crippen LogP contribution in [0.1, 0.15) is 27.7 Å². The number of aliphatic hydroxyl groups is 2. The summed E-state index contributed by atoms with van der Waals surface area (Å²) >= 11 is 12.6. The van der Waals surface area contributed by atoms with Gasteiger partial charge in [-0.05, 0) is 42.3 Å². The Morgan fingerprint density at radius 2 is 1.77 bits per heavy atom. The molecule has 0 unspecified atom stereocenters. The van der Waals surface area contributed by atoms with Gasteiger partial charge in [0.05, 0.1) is 39.7 Å². The van der Waals surface area contributed by atoms with Gasteiger partial charge in [-0.3, -0.25) is 9.59 Å². The Balaban J connectivity index is 1.80. The molecular formula is C23H24Cl2N2O7S. The van der Waals surface area contributed by atoms with E-state index < -0.39 is 46.7 Å². The molecule has 0 fully saturated rings. The van der Waals surface area contributed by atoms with E-state index in [2.05, 4.69) is 10.1 Å². The quantitative estimate of drug-likeness (QED) is 0.353. The van der Waals surface area contributed by atoms with Gasteiger partial charge in [0, 0.05) is 12.4 Å². The summed E-state index contributed by atoms with van der Waals surface area (Å²) in [7, 11) is -2.26. The lowest BCUT2D eigenvalue weighted by atomic mass is 10.1. The number of hydrogen-bond donors (Lipinski definition) is 3. The van der Waals surface area contributed by atoms with Gasteiger partial charge < -0.3 is 24.8 Å². The van der Waals surface area contributed by atoms with Crippen molar-refractivity contribution in [3.8, 4) is 0 Å². The molecule has 2 aromatic carbocycles. The van der Waals surface area contributed by atoms with Crippen LogP contribution in [0.15, 0.2) is 41.3 Å². The van der Waals surface area contributed by atoms with Crippen molar-refractivity contribution in [1.29, 1.82) is 0 Å². The number of fused-ring (bicyclic) bond motifs is 1. The van der Waals surface area contributed by atoms with Gasteiger partial charge in [0.25, 0.3) is 5.91 Å². The van der Waals surface area contributed by atoms with Crippen molar-refractivity contribution in [2.75, 3.05) is 25.6 Å². The van der Waals surface area contributed by atoms with Crippen LogP contribution in [-0.2, 0) is 26.4 Å². The van der Waals surface area contributed by atoms with Crippen LogP contribution >= 0.6 is 23.2 Å². The van der Waals surface area contributed by atoms with Gasteiger partial charge in [0.15, 0.2) is 15.6 Å². The minimum absolute atomic E-state index is 0.124. The highest BCUT2D eigenvalue weighted by Crippen LogP contribution is 2.35. The Morgan fingerprint density at radius 3 is 2.37 bits per heavy atom. The van der Waals surface area contributed by atoms with E-state index in [0.717, 1.165) is 11.1 Å². The Labute approximate surface area is 212 Å². The van der Waals surface area contributed by atoms with E-state index in [4.69, 9.17) is 28.3 Å². The van der Waals surface area contributed by atoms with Crippen molar-refractivity contribution in [2.24, 2.45) is 7.05 Å². The van der Waals surface area contributed by atoms with Crippen molar-refractivity contribution < 1.29 is 33.0 Å². The number of aliphatic hydroxyl groups excluding tert-OH is 2. The van der Waals surface area contributed by atoms with Crippen molar-refractivity contribution in [1.82, 2.24) is 9.88 Å². The number of carbonyl (C=O) groups excluding carboxylic acids is 2. The molecular weight excluding hydrogens is 519 g/mol. The highest BCUT2D eigenvalue weighted by atomic mass is 35.5. The Kier molecular flexibility index (Phi) is 8.45. The van der Waals surface area contributed by atoms with Gasteiger partial charge >= 0.3 is 5.97 Å². The fourth-order valence-electron chi connectivity index (χ4n) is 3.56. The van der Waals surface area contributed by atoms with Crippen LogP contribution in [0.5, 0.6) is 0 Å². The minimum Gasteiger partial charge on any atom is -0.462 e. The van der Waals surface area contributed by atoms with E-state index in [1.165, 1.54) is 24.3 Å². The number of ether oxygens (including phenoxy) is 1. The Bertz CT molecular complexity index is 1370. The highest BCUT2D eigenvalue weighted by molar-refractivity contribution is 7.92. The van der Waals surface area contributed by atoms with Gasteiger partial charge in [-0.25, -0.2) is 8.42 Å². The third-order valence-corrected chi connectivity index (χ3v) is 8.02.